The van der Waals surface area contributed by atoms with E-state index >= 15 is 0 Å². The molecule has 0 saturated carbocycles. The molecule has 2 aliphatic rings. The quantitative estimate of drug-likeness (QED) is 0.416. The number of halogens is 6. The van der Waals surface area contributed by atoms with Crippen molar-refractivity contribution in [2.24, 2.45) is 0 Å². The van der Waals surface area contributed by atoms with Gasteiger partial charge >= 0.3 is 12.4 Å². The van der Waals surface area contributed by atoms with E-state index in [0.717, 1.165) is 12.1 Å². The molecular weight excluding hydrogens is 396 g/mol. The zero-order valence-electron chi connectivity index (χ0n) is 15.6. The third-order valence-corrected chi connectivity index (χ3v) is 5.16. The Balaban J connectivity index is 2.11. The summed E-state index contributed by atoms with van der Waals surface area (Å²) in [6, 6.07) is 3.10. The molecule has 3 rings (SSSR count). The molecule has 3 atom stereocenters. The van der Waals surface area contributed by atoms with Crippen LogP contribution in [0.25, 0.3) is 11.6 Å². The molecule has 0 saturated heterocycles. The minimum atomic E-state index is -4.82. The van der Waals surface area contributed by atoms with E-state index in [1.807, 2.05) is 36.6 Å². The Labute approximate surface area is 164 Å². The minimum Gasteiger partial charge on any atom is -0.387 e. The number of benzene rings is 1. The van der Waals surface area contributed by atoms with Gasteiger partial charge < -0.3 is 5.11 Å². The summed E-state index contributed by atoms with van der Waals surface area (Å²) in [7, 11) is 0. The second-order valence-corrected chi connectivity index (χ2v) is 7.14. The fraction of sp³-hybridized carbons (Fsp3) is 0.381. The predicted octanol–water partition coefficient (Wildman–Crippen LogP) is 5.21. The highest BCUT2D eigenvalue weighted by Crippen LogP contribution is 2.40. The third-order valence-electron chi connectivity index (χ3n) is 5.16. The molecule has 0 radical (unpaired) electrons. The van der Waals surface area contributed by atoms with Gasteiger partial charge in [-0.3, -0.25) is 4.90 Å². The molecule has 1 N–H and O–H groups in total. The maximum absolute atomic E-state index is 13.4. The Kier molecular flexibility index (Phi) is 5.56. The summed E-state index contributed by atoms with van der Waals surface area (Å²) in [5.41, 5.74) is -1.12. The first-order chi connectivity index (χ1) is 13.4. The van der Waals surface area contributed by atoms with E-state index in [1.54, 1.807) is 0 Å². The number of aliphatic hydroxyl groups is 1. The predicted molar refractivity (Wildman–Crippen MR) is 97.7 cm³/mol. The number of hydrogen-bond donors (Lipinski definition) is 1. The number of alkyl halides is 6. The van der Waals surface area contributed by atoms with Gasteiger partial charge in [0.2, 0.25) is 0 Å². The van der Waals surface area contributed by atoms with Crippen LogP contribution in [0.15, 0.2) is 47.7 Å². The van der Waals surface area contributed by atoms with Gasteiger partial charge in [0.05, 0.1) is 17.2 Å². The standard InChI is InChI=1S/C21H19F6NO/c1-12-6-7-13(2)28(12)11-19(29)17-10-14(20(22,23)24)8-9-16-15(17)4-3-5-18(16)21(25,26)27/h3-7,9-10,12-13,19,29H,11H2,1-2H3. The number of hydrogen-bond acceptors (Lipinski definition) is 2. The van der Waals surface area contributed by atoms with E-state index in [4.69, 9.17) is 0 Å². The Morgan fingerprint density at radius 3 is 2.21 bits per heavy atom. The molecular formula is C21H19F6NO. The van der Waals surface area contributed by atoms with Crippen LogP contribution in [0.4, 0.5) is 26.3 Å². The molecule has 0 spiro atoms. The zero-order valence-corrected chi connectivity index (χ0v) is 15.6. The van der Waals surface area contributed by atoms with Gasteiger partial charge in [-0.15, -0.1) is 5.73 Å². The number of nitrogens with zero attached hydrogens (tertiary/aromatic N) is 1. The maximum Gasteiger partial charge on any atom is 0.423 e. The molecule has 8 heteroatoms. The molecule has 1 aliphatic heterocycles. The summed E-state index contributed by atoms with van der Waals surface area (Å²) in [6.45, 7) is 3.71. The molecule has 1 aromatic rings. The second kappa shape index (κ2) is 7.52. The average Bonchev–Trinajstić information content (AvgIpc) is 2.82. The van der Waals surface area contributed by atoms with E-state index in [2.05, 4.69) is 0 Å². The fourth-order valence-corrected chi connectivity index (χ4v) is 3.63. The van der Waals surface area contributed by atoms with E-state index in [0.29, 0.717) is 12.2 Å². The van der Waals surface area contributed by atoms with Crippen LogP contribution in [0.3, 0.4) is 0 Å². The van der Waals surface area contributed by atoms with Crippen molar-refractivity contribution in [3.8, 4) is 0 Å². The van der Waals surface area contributed by atoms with Gasteiger partial charge in [-0.05, 0) is 43.2 Å². The van der Waals surface area contributed by atoms with Crippen molar-refractivity contribution >= 4 is 11.6 Å². The number of β-amino-alcohol motifs (C(OH)–C–C–N with tert-alkyl or cyclic N) is 1. The van der Waals surface area contributed by atoms with Crippen molar-refractivity contribution < 1.29 is 31.4 Å². The molecule has 156 valence electrons. The summed E-state index contributed by atoms with van der Waals surface area (Å²) in [4.78, 5) is 1.86. The SMILES string of the molecule is CC1C=CC(C)N1CC(O)C1=CC(C(F)(F)F)=C=Cc2c1cccc2C(F)(F)F. The van der Waals surface area contributed by atoms with Crippen LogP contribution in [0, 0.1) is 0 Å². The Morgan fingerprint density at radius 1 is 1.03 bits per heavy atom. The molecule has 1 heterocycles. The molecule has 1 aliphatic carbocycles. The van der Waals surface area contributed by atoms with Gasteiger partial charge in [-0.1, -0.05) is 24.3 Å². The van der Waals surface area contributed by atoms with Gasteiger partial charge in [-0.2, -0.15) is 26.3 Å². The van der Waals surface area contributed by atoms with Crippen molar-refractivity contribution in [3.05, 3.63) is 64.4 Å². The number of rotatable bonds is 3. The monoisotopic (exact) mass is 415 g/mol. The lowest BCUT2D eigenvalue weighted by molar-refractivity contribution is -0.137. The molecule has 29 heavy (non-hydrogen) atoms. The lowest BCUT2D eigenvalue weighted by Crippen LogP contribution is -2.40. The van der Waals surface area contributed by atoms with E-state index in [-0.39, 0.29) is 29.8 Å². The van der Waals surface area contributed by atoms with Crippen LogP contribution < -0.4 is 0 Å². The molecule has 0 amide bonds. The van der Waals surface area contributed by atoms with E-state index in [1.165, 1.54) is 6.07 Å². The summed E-state index contributed by atoms with van der Waals surface area (Å²) >= 11 is 0. The third kappa shape index (κ3) is 4.34. The van der Waals surface area contributed by atoms with Crippen LogP contribution in [0.5, 0.6) is 0 Å². The summed E-state index contributed by atoms with van der Waals surface area (Å²) in [5, 5.41) is 10.8. The maximum atomic E-state index is 13.4. The molecule has 0 fully saturated rings. The van der Waals surface area contributed by atoms with Crippen molar-refractivity contribution in [1.29, 1.82) is 0 Å². The topological polar surface area (TPSA) is 23.5 Å². The van der Waals surface area contributed by atoms with Gasteiger partial charge in [0.25, 0.3) is 0 Å². The molecule has 0 aromatic heterocycles. The summed E-state index contributed by atoms with van der Waals surface area (Å²) in [6.07, 6.45) is -5.82. The van der Waals surface area contributed by atoms with E-state index in [9.17, 15) is 31.4 Å². The van der Waals surface area contributed by atoms with Crippen molar-refractivity contribution in [2.45, 2.75) is 44.4 Å². The van der Waals surface area contributed by atoms with Crippen LogP contribution >= 0.6 is 0 Å². The number of fused-ring (bicyclic) bond motifs is 1. The summed E-state index contributed by atoms with van der Waals surface area (Å²) < 4.78 is 80.3. The van der Waals surface area contributed by atoms with Gasteiger partial charge in [0.1, 0.15) is 0 Å². The summed E-state index contributed by atoms with van der Waals surface area (Å²) in [5.74, 6) is 0. The smallest absolute Gasteiger partial charge is 0.387 e. The van der Waals surface area contributed by atoms with Gasteiger partial charge in [0, 0.05) is 24.2 Å². The highest BCUT2D eigenvalue weighted by Gasteiger charge is 2.38. The van der Waals surface area contributed by atoms with Crippen molar-refractivity contribution in [3.63, 3.8) is 0 Å². The van der Waals surface area contributed by atoms with Crippen molar-refractivity contribution in [2.75, 3.05) is 6.54 Å². The fourth-order valence-electron chi connectivity index (χ4n) is 3.63. The highest BCUT2D eigenvalue weighted by molar-refractivity contribution is 5.81. The molecule has 3 unspecified atom stereocenters. The normalized spacial score (nSPS) is 23.5. The van der Waals surface area contributed by atoms with E-state index < -0.39 is 35.2 Å². The zero-order chi connectivity index (χ0) is 21.6. The largest absolute Gasteiger partial charge is 0.423 e. The Morgan fingerprint density at radius 2 is 1.66 bits per heavy atom. The molecule has 1 aromatic carbocycles. The lowest BCUT2D eigenvalue weighted by atomic mass is 9.91. The molecule has 2 nitrogen and oxygen atoms in total. The number of aliphatic hydroxyl groups excluding tert-OH is 1. The second-order valence-electron chi connectivity index (χ2n) is 7.14. The van der Waals surface area contributed by atoms with Crippen molar-refractivity contribution in [1.82, 2.24) is 4.90 Å². The first-order valence-corrected chi connectivity index (χ1v) is 8.98. The minimum absolute atomic E-state index is 0.0258. The van der Waals surface area contributed by atoms with Crippen LogP contribution in [-0.2, 0) is 6.18 Å². The molecule has 0 bridgehead atoms. The Bertz CT molecular complexity index is 906. The van der Waals surface area contributed by atoms with Crippen LogP contribution in [0.2, 0.25) is 0 Å². The Hall–Kier alpha value is -2.28. The average molecular weight is 415 g/mol. The van der Waals surface area contributed by atoms with Crippen LogP contribution in [-0.4, -0.2) is 40.9 Å². The first-order valence-electron chi connectivity index (χ1n) is 8.98. The highest BCUT2D eigenvalue weighted by atomic mass is 19.4. The van der Waals surface area contributed by atoms with Gasteiger partial charge in [-0.25, -0.2) is 0 Å². The lowest BCUT2D eigenvalue weighted by Gasteiger charge is -2.30. The number of allylic oxidation sites excluding steroid dienone is 2. The first kappa shape index (κ1) is 21.4. The van der Waals surface area contributed by atoms with Crippen LogP contribution in [0.1, 0.15) is 30.5 Å². The van der Waals surface area contributed by atoms with Gasteiger partial charge in [0.15, 0.2) is 0 Å².